The number of amides is 5. The predicted octanol–water partition coefficient (Wildman–Crippen LogP) is 2.55. The van der Waals surface area contributed by atoms with Gasteiger partial charge in [0.1, 0.15) is 24.2 Å². The molecule has 3 aromatic rings. The minimum absolute atomic E-state index is 0.192. The number of likely N-dealkylation sites (N-methyl/N-ethyl adjacent to an activating group) is 1. The molecule has 0 spiro atoms. The SMILES string of the molecule is C[C@H]1NC(=O)[C@@H](Cc2ccccc2)N(C)C(=O)[C@@H]2CCCN2C(=O)c2ccccc2NC(=O)[C@H](Cc2ccccc2)NC1=O. The van der Waals surface area contributed by atoms with Gasteiger partial charge in [0, 0.05) is 26.4 Å². The average molecular weight is 596 g/mol. The minimum Gasteiger partial charge on any atom is -0.343 e. The molecule has 2 heterocycles. The maximum absolute atomic E-state index is 13.9. The van der Waals surface area contributed by atoms with Gasteiger partial charge in [-0.1, -0.05) is 72.8 Å². The monoisotopic (exact) mass is 595 g/mol. The molecule has 228 valence electrons. The molecule has 2 aliphatic heterocycles. The molecular formula is C34H37N5O5. The lowest BCUT2D eigenvalue weighted by Crippen LogP contribution is -2.58. The molecule has 1 saturated heterocycles. The lowest BCUT2D eigenvalue weighted by molar-refractivity contribution is -0.142. The molecule has 0 radical (unpaired) electrons. The largest absolute Gasteiger partial charge is 0.343 e. The highest BCUT2D eigenvalue weighted by molar-refractivity contribution is 6.07. The van der Waals surface area contributed by atoms with Gasteiger partial charge in [0.05, 0.1) is 11.3 Å². The van der Waals surface area contributed by atoms with Crippen molar-refractivity contribution in [3.05, 3.63) is 102 Å². The summed E-state index contributed by atoms with van der Waals surface area (Å²) >= 11 is 0. The van der Waals surface area contributed by atoms with Crippen LogP contribution in [-0.2, 0) is 32.0 Å². The molecule has 5 amide bonds. The molecule has 4 atom stereocenters. The van der Waals surface area contributed by atoms with Crippen molar-refractivity contribution in [3.63, 3.8) is 0 Å². The summed E-state index contributed by atoms with van der Waals surface area (Å²) in [6, 6.07) is 21.5. The Kier molecular flexibility index (Phi) is 9.38. The zero-order valence-electron chi connectivity index (χ0n) is 24.9. The van der Waals surface area contributed by atoms with Crippen molar-refractivity contribution in [2.75, 3.05) is 18.9 Å². The number of nitrogens with zero attached hydrogens (tertiary/aromatic N) is 2. The van der Waals surface area contributed by atoms with Gasteiger partial charge in [-0.15, -0.1) is 0 Å². The smallest absolute Gasteiger partial charge is 0.256 e. The van der Waals surface area contributed by atoms with Gasteiger partial charge in [-0.2, -0.15) is 0 Å². The predicted molar refractivity (Wildman–Crippen MR) is 166 cm³/mol. The normalized spacial score (nSPS) is 23.4. The van der Waals surface area contributed by atoms with E-state index in [1.165, 1.54) is 9.80 Å². The van der Waals surface area contributed by atoms with Crippen LogP contribution in [0.5, 0.6) is 0 Å². The zero-order chi connectivity index (χ0) is 31.2. The van der Waals surface area contributed by atoms with Crippen molar-refractivity contribution in [2.24, 2.45) is 0 Å². The van der Waals surface area contributed by atoms with E-state index in [1.807, 2.05) is 60.7 Å². The van der Waals surface area contributed by atoms with E-state index >= 15 is 0 Å². The van der Waals surface area contributed by atoms with Crippen molar-refractivity contribution in [2.45, 2.75) is 56.8 Å². The topological polar surface area (TPSA) is 128 Å². The fourth-order valence-corrected chi connectivity index (χ4v) is 5.78. The summed E-state index contributed by atoms with van der Waals surface area (Å²) in [4.78, 5) is 71.6. The van der Waals surface area contributed by atoms with Gasteiger partial charge < -0.3 is 25.8 Å². The number of hydrogen-bond donors (Lipinski definition) is 3. The Labute approximate surface area is 256 Å². The Morgan fingerprint density at radius 3 is 2.02 bits per heavy atom. The van der Waals surface area contributed by atoms with Crippen LogP contribution in [0, 0.1) is 0 Å². The second-order valence-corrected chi connectivity index (χ2v) is 11.3. The molecule has 1 fully saturated rings. The molecule has 10 heteroatoms. The summed E-state index contributed by atoms with van der Waals surface area (Å²) in [5.74, 6) is -2.33. The van der Waals surface area contributed by atoms with Crippen LogP contribution in [0.25, 0.3) is 0 Å². The lowest BCUT2D eigenvalue weighted by atomic mass is 10.0. The van der Waals surface area contributed by atoms with E-state index in [9.17, 15) is 24.0 Å². The van der Waals surface area contributed by atoms with Crippen LogP contribution < -0.4 is 16.0 Å². The number of rotatable bonds is 4. The molecule has 0 unspecified atom stereocenters. The van der Waals surface area contributed by atoms with Gasteiger partial charge in [0.25, 0.3) is 5.91 Å². The Hall–Kier alpha value is -4.99. The number of anilines is 1. The van der Waals surface area contributed by atoms with E-state index in [0.717, 1.165) is 11.1 Å². The van der Waals surface area contributed by atoms with Gasteiger partial charge >= 0.3 is 0 Å². The second-order valence-electron chi connectivity index (χ2n) is 11.3. The van der Waals surface area contributed by atoms with Gasteiger partial charge in [-0.25, -0.2) is 0 Å². The van der Waals surface area contributed by atoms with Crippen molar-refractivity contribution in [1.29, 1.82) is 0 Å². The third-order valence-corrected chi connectivity index (χ3v) is 8.27. The molecule has 3 N–H and O–H groups in total. The Balaban J connectivity index is 1.54. The molecule has 44 heavy (non-hydrogen) atoms. The van der Waals surface area contributed by atoms with Crippen LogP contribution in [0.4, 0.5) is 5.69 Å². The number of carbonyl (C=O) groups excluding carboxylic acids is 5. The minimum atomic E-state index is -1.000. The van der Waals surface area contributed by atoms with Crippen LogP contribution in [0.3, 0.4) is 0 Å². The first-order chi connectivity index (χ1) is 21.2. The van der Waals surface area contributed by atoms with E-state index in [-0.39, 0.29) is 30.0 Å². The first kappa shape index (κ1) is 30.5. The molecular weight excluding hydrogens is 558 g/mol. The number of carbonyl (C=O) groups is 5. The summed E-state index contributed by atoms with van der Waals surface area (Å²) < 4.78 is 0. The van der Waals surface area contributed by atoms with E-state index in [2.05, 4.69) is 16.0 Å². The van der Waals surface area contributed by atoms with Gasteiger partial charge in [0.2, 0.25) is 23.6 Å². The highest BCUT2D eigenvalue weighted by atomic mass is 16.2. The fourth-order valence-electron chi connectivity index (χ4n) is 5.78. The summed E-state index contributed by atoms with van der Waals surface area (Å²) in [5.41, 5.74) is 2.20. The Morgan fingerprint density at radius 2 is 1.34 bits per heavy atom. The number of para-hydroxylation sites is 1. The first-order valence-corrected chi connectivity index (χ1v) is 14.9. The summed E-state index contributed by atoms with van der Waals surface area (Å²) in [6.07, 6.45) is 1.47. The van der Waals surface area contributed by atoms with Gasteiger partial charge in [-0.3, -0.25) is 24.0 Å². The summed E-state index contributed by atoms with van der Waals surface area (Å²) in [7, 11) is 1.56. The number of benzene rings is 3. The van der Waals surface area contributed by atoms with E-state index in [4.69, 9.17) is 0 Å². The van der Waals surface area contributed by atoms with Crippen LogP contribution in [0.2, 0.25) is 0 Å². The third-order valence-electron chi connectivity index (χ3n) is 8.27. The molecule has 10 nitrogen and oxygen atoms in total. The number of fused-ring (bicyclic) bond motifs is 2. The van der Waals surface area contributed by atoms with Gasteiger partial charge in [0.15, 0.2) is 0 Å². The van der Waals surface area contributed by atoms with Crippen molar-refractivity contribution >= 4 is 35.2 Å². The molecule has 5 rings (SSSR count). The Bertz CT molecular complexity index is 1530. The highest BCUT2D eigenvalue weighted by Gasteiger charge is 2.40. The summed E-state index contributed by atoms with van der Waals surface area (Å²) in [5, 5.41) is 8.39. The van der Waals surface area contributed by atoms with Gasteiger partial charge in [-0.05, 0) is 43.0 Å². The van der Waals surface area contributed by atoms with E-state index in [1.54, 1.807) is 38.2 Å². The first-order valence-electron chi connectivity index (χ1n) is 14.9. The highest BCUT2D eigenvalue weighted by Crippen LogP contribution is 2.26. The fraction of sp³-hybridized carbons (Fsp3) is 0.324. The summed E-state index contributed by atoms with van der Waals surface area (Å²) in [6.45, 7) is 1.91. The number of hydrogen-bond acceptors (Lipinski definition) is 5. The lowest BCUT2D eigenvalue weighted by Gasteiger charge is -2.33. The molecule has 3 aromatic carbocycles. The van der Waals surface area contributed by atoms with Crippen molar-refractivity contribution in [1.82, 2.24) is 20.4 Å². The van der Waals surface area contributed by atoms with Crippen molar-refractivity contribution < 1.29 is 24.0 Å². The van der Waals surface area contributed by atoms with Crippen LogP contribution in [0.15, 0.2) is 84.9 Å². The molecule has 0 bridgehead atoms. The van der Waals surface area contributed by atoms with Crippen LogP contribution in [0.1, 0.15) is 41.3 Å². The average Bonchev–Trinajstić information content (AvgIpc) is 3.53. The maximum Gasteiger partial charge on any atom is 0.256 e. The van der Waals surface area contributed by atoms with Crippen LogP contribution >= 0.6 is 0 Å². The second kappa shape index (κ2) is 13.5. The zero-order valence-corrected chi connectivity index (χ0v) is 24.9. The van der Waals surface area contributed by atoms with E-state index < -0.39 is 47.8 Å². The quantitative estimate of drug-likeness (QED) is 0.427. The number of nitrogens with one attached hydrogen (secondary N) is 3. The Morgan fingerprint density at radius 1 is 0.727 bits per heavy atom. The molecule has 0 saturated carbocycles. The van der Waals surface area contributed by atoms with Crippen molar-refractivity contribution in [3.8, 4) is 0 Å². The molecule has 2 aliphatic rings. The third kappa shape index (κ3) is 6.80. The molecule has 0 aliphatic carbocycles. The molecule has 0 aromatic heterocycles. The maximum atomic E-state index is 13.9. The van der Waals surface area contributed by atoms with E-state index in [0.29, 0.717) is 19.4 Å². The van der Waals surface area contributed by atoms with Crippen LogP contribution in [-0.4, -0.2) is 77.1 Å². The standard InChI is InChI=1S/C34H37N5O5/c1-22-30(40)37-27(20-23-12-5-3-6-13-23)31(41)36-26-17-10-9-16-25(26)33(43)39-19-11-18-28(39)34(44)38(2)29(32(42)35-22)21-24-14-7-4-8-15-24/h3-10,12-17,22,27-29H,11,18-21H2,1-2H3,(H,35,42)(H,36,41)(H,37,40)/t22-,27+,28+,29-/m1/s1.